The molecular formula is C16H15FN4O3. The standard InChI is InChI=1S/C16H15FN4O3/c1-3-9-4-5-12(11(17)6-9)18-13-7-14(22)21(2)8-10(13)15-19-20-16(23)24-15/h4-8,18H,3H2,1-2H3,(H,20,23). The quantitative estimate of drug-likeness (QED) is 0.765. The van der Waals surface area contributed by atoms with Crippen molar-refractivity contribution >= 4 is 11.4 Å². The third kappa shape index (κ3) is 2.98. The van der Waals surface area contributed by atoms with Gasteiger partial charge in [0.2, 0.25) is 0 Å². The van der Waals surface area contributed by atoms with E-state index in [1.54, 1.807) is 19.2 Å². The summed E-state index contributed by atoms with van der Waals surface area (Å²) in [6.45, 7) is 1.93. The van der Waals surface area contributed by atoms with Crippen LogP contribution < -0.4 is 16.6 Å². The molecule has 124 valence electrons. The van der Waals surface area contributed by atoms with Gasteiger partial charge < -0.3 is 14.3 Å². The van der Waals surface area contributed by atoms with Crippen LogP contribution in [-0.4, -0.2) is 14.8 Å². The molecule has 0 saturated carbocycles. The zero-order valence-corrected chi connectivity index (χ0v) is 13.1. The van der Waals surface area contributed by atoms with E-state index in [0.717, 1.165) is 5.56 Å². The van der Waals surface area contributed by atoms with Crippen LogP contribution in [0.5, 0.6) is 0 Å². The van der Waals surface area contributed by atoms with Gasteiger partial charge in [-0.1, -0.05) is 13.0 Å². The number of H-pyrrole nitrogens is 1. The van der Waals surface area contributed by atoms with Crippen molar-refractivity contribution in [3.05, 3.63) is 62.7 Å². The lowest BCUT2D eigenvalue weighted by Gasteiger charge is -2.12. The number of nitrogens with zero attached hydrogens (tertiary/aromatic N) is 2. The fraction of sp³-hybridized carbons (Fsp3) is 0.188. The molecule has 1 aromatic carbocycles. The first-order chi connectivity index (χ1) is 11.5. The molecule has 2 heterocycles. The molecule has 0 bridgehead atoms. The summed E-state index contributed by atoms with van der Waals surface area (Å²) in [7, 11) is 1.55. The number of rotatable bonds is 4. The van der Waals surface area contributed by atoms with E-state index < -0.39 is 11.6 Å². The first-order valence-corrected chi connectivity index (χ1v) is 7.30. The number of aromatic amines is 1. The van der Waals surface area contributed by atoms with Crippen LogP contribution >= 0.6 is 0 Å². The Balaban J connectivity index is 2.09. The highest BCUT2D eigenvalue weighted by atomic mass is 19.1. The summed E-state index contributed by atoms with van der Waals surface area (Å²) >= 11 is 0. The Labute approximate surface area is 135 Å². The molecule has 0 aliphatic rings. The second-order valence-electron chi connectivity index (χ2n) is 5.26. The molecule has 3 aromatic rings. The first kappa shape index (κ1) is 15.7. The Bertz CT molecular complexity index is 1000. The molecule has 7 nitrogen and oxygen atoms in total. The van der Waals surface area contributed by atoms with Crippen LogP contribution in [-0.2, 0) is 13.5 Å². The maximum absolute atomic E-state index is 14.2. The number of aryl methyl sites for hydroxylation is 2. The molecule has 0 saturated heterocycles. The number of halogens is 1. The minimum absolute atomic E-state index is 0.00341. The van der Waals surface area contributed by atoms with Crippen LogP contribution in [0.2, 0.25) is 0 Å². The number of aromatic nitrogens is 3. The second-order valence-corrected chi connectivity index (χ2v) is 5.26. The number of hydrogen-bond acceptors (Lipinski definition) is 5. The highest BCUT2D eigenvalue weighted by Crippen LogP contribution is 2.28. The van der Waals surface area contributed by atoms with Gasteiger partial charge >= 0.3 is 5.76 Å². The van der Waals surface area contributed by atoms with Crippen molar-refractivity contribution in [2.45, 2.75) is 13.3 Å². The van der Waals surface area contributed by atoms with Crippen molar-refractivity contribution < 1.29 is 8.81 Å². The molecule has 24 heavy (non-hydrogen) atoms. The lowest BCUT2D eigenvalue weighted by Crippen LogP contribution is -2.16. The van der Waals surface area contributed by atoms with Gasteiger partial charge in [-0.05, 0) is 24.1 Å². The molecule has 0 radical (unpaired) electrons. The van der Waals surface area contributed by atoms with E-state index in [2.05, 4.69) is 15.5 Å². The zero-order valence-electron chi connectivity index (χ0n) is 13.1. The van der Waals surface area contributed by atoms with E-state index in [4.69, 9.17) is 4.42 Å². The van der Waals surface area contributed by atoms with Crippen LogP contribution in [0.4, 0.5) is 15.8 Å². The van der Waals surface area contributed by atoms with E-state index in [1.807, 2.05) is 6.92 Å². The molecule has 0 aliphatic carbocycles. The van der Waals surface area contributed by atoms with Gasteiger partial charge in [0.15, 0.2) is 0 Å². The summed E-state index contributed by atoms with van der Waals surface area (Å²) in [5, 5.41) is 8.78. The van der Waals surface area contributed by atoms with Crippen molar-refractivity contribution in [1.29, 1.82) is 0 Å². The monoisotopic (exact) mass is 330 g/mol. The van der Waals surface area contributed by atoms with Crippen molar-refractivity contribution in [2.75, 3.05) is 5.32 Å². The fourth-order valence-electron chi connectivity index (χ4n) is 2.27. The maximum Gasteiger partial charge on any atom is 0.434 e. The van der Waals surface area contributed by atoms with Gasteiger partial charge in [-0.15, -0.1) is 5.10 Å². The molecule has 0 aliphatic heterocycles. The van der Waals surface area contributed by atoms with Gasteiger partial charge in [0, 0.05) is 19.3 Å². The Morgan fingerprint density at radius 1 is 1.29 bits per heavy atom. The Hall–Kier alpha value is -3.16. The maximum atomic E-state index is 14.2. The van der Waals surface area contributed by atoms with Gasteiger partial charge in [-0.3, -0.25) is 4.79 Å². The zero-order chi connectivity index (χ0) is 17.3. The van der Waals surface area contributed by atoms with Crippen molar-refractivity contribution in [1.82, 2.24) is 14.8 Å². The van der Waals surface area contributed by atoms with Gasteiger partial charge in [0.25, 0.3) is 11.4 Å². The molecule has 2 N–H and O–H groups in total. The molecule has 8 heteroatoms. The molecule has 0 unspecified atom stereocenters. The number of hydrogen-bond donors (Lipinski definition) is 2. The summed E-state index contributed by atoms with van der Waals surface area (Å²) in [6.07, 6.45) is 2.18. The average molecular weight is 330 g/mol. The predicted molar refractivity (Wildman–Crippen MR) is 86.9 cm³/mol. The number of benzene rings is 1. The Morgan fingerprint density at radius 3 is 2.71 bits per heavy atom. The number of anilines is 2. The van der Waals surface area contributed by atoms with Crippen LogP contribution in [0.3, 0.4) is 0 Å². The molecular weight excluding hydrogens is 315 g/mol. The fourth-order valence-corrected chi connectivity index (χ4v) is 2.27. The Morgan fingerprint density at radius 2 is 2.08 bits per heavy atom. The van der Waals surface area contributed by atoms with Gasteiger partial charge in [0.05, 0.1) is 16.9 Å². The summed E-state index contributed by atoms with van der Waals surface area (Å²) < 4.78 is 20.4. The molecule has 0 atom stereocenters. The van der Waals surface area contributed by atoms with Crippen LogP contribution in [0.15, 0.2) is 44.5 Å². The van der Waals surface area contributed by atoms with E-state index in [0.29, 0.717) is 12.0 Å². The minimum atomic E-state index is -0.719. The van der Waals surface area contributed by atoms with E-state index in [1.165, 1.54) is 22.9 Å². The molecule has 0 amide bonds. The van der Waals surface area contributed by atoms with Crippen molar-refractivity contribution in [3.63, 3.8) is 0 Å². The summed E-state index contributed by atoms with van der Waals surface area (Å²) in [6, 6.07) is 6.10. The largest absolute Gasteiger partial charge is 0.434 e. The van der Waals surface area contributed by atoms with Gasteiger partial charge in [-0.25, -0.2) is 14.3 Å². The molecule has 3 rings (SSSR count). The predicted octanol–water partition coefficient (Wildman–Crippen LogP) is 2.17. The van der Waals surface area contributed by atoms with Crippen LogP contribution in [0.1, 0.15) is 12.5 Å². The van der Waals surface area contributed by atoms with E-state index in [9.17, 15) is 14.0 Å². The van der Waals surface area contributed by atoms with Crippen LogP contribution in [0.25, 0.3) is 11.5 Å². The number of nitrogens with one attached hydrogen (secondary N) is 2. The highest BCUT2D eigenvalue weighted by Gasteiger charge is 2.15. The summed E-state index contributed by atoms with van der Waals surface area (Å²) in [5.74, 6) is -1.16. The number of pyridine rings is 1. The highest BCUT2D eigenvalue weighted by molar-refractivity contribution is 5.76. The summed E-state index contributed by atoms with van der Waals surface area (Å²) in [4.78, 5) is 23.1. The first-order valence-electron chi connectivity index (χ1n) is 7.30. The lowest BCUT2D eigenvalue weighted by atomic mass is 10.1. The SMILES string of the molecule is CCc1ccc(Nc2cc(=O)n(C)cc2-c2n[nH]c(=O)o2)c(F)c1. The van der Waals surface area contributed by atoms with E-state index in [-0.39, 0.29) is 22.8 Å². The van der Waals surface area contributed by atoms with Gasteiger partial charge in [-0.2, -0.15) is 0 Å². The molecule has 0 fully saturated rings. The van der Waals surface area contributed by atoms with Crippen molar-refractivity contribution in [2.24, 2.45) is 7.05 Å². The third-order valence-corrected chi connectivity index (χ3v) is 3.61. The van der Waals surface area contributed by atoms with Crippen LogP contribution in [0, 0.1) is 5.82 Å². The summed E-state index contributed by atoms with van der Waals surface area (Å²) in [5.41, 5.74) is 1.41. The lowest BCUT2D eigenvalue weighted by molar-refractivity contribution is 0.526. The molecule has 0 spiro atoms. The average Bonchev–Trinajstić information content (AvgIpc) is 2.98. The molecule has 2 aromatic heterocycles. The smallest absolute Gasteiger partial charge is 0.388 e. The van der Waals surface area contributed by atoms with Gasteiger partial charge in [0.1, 0.15) is 5.82 Å². The topological polar surface area (TPSA) is 92.9 Å². The second kappa shape index (κ2) is 6.15. The van der Waals surface area contributed by atoms with Crippen molar-refractivity contribution in [3.8, 4) is 11.5 Å². The minimum Gasteiger partial charge on any atom is -0.388 e. The van der Waals surface area contributed by atoms with E-state index >= 15 is 0 Å². The Kier molecular flexibility index (Phi) is 4.03. The third-order valence-electron chi connectivity index (χ3n) is 3.61. The normalized spacial score (nSPS) is 10.8.